The second-order valence-electron chi connectivity index (χ2n) is 2.81. The maximum absolute atomic E-state index is 5.77. The molecule has 56 valence electrons. The normalized spacial score (nSPS) is 10.4. The topological polar surface area (TPSA) is 25.8 Å². The van der Waals surface area contributed by atoms with Gasteiger partial charge in [-0.15, -0.1) is 0 Å². The first-order chi connectivity index (χ1) is 5.77. The number of fused-ring (bicyclic) bond motifs is 1. The van der Waals surface area contributed by atoms with Crippen molar-refractivity contribution in [3.05, 3.63) is 30.2 Å². The van der Waals surface area contributed by atoms with Crippen molar-refractivity contribution < 1.29 is 0 Å². The molecule has 0 aliphatic rings. The van der Waals surface area contributed by atoms with E-state index in [-0.39, 0.29) is 0 Å². The van der Waals surface area contributed by atoms with Crippen LogP contribution in [-0.4, -0.2) is 17.8 Å². The van der Waals surface area contributed by atoms with Gasteiger partial charge < -0.3 is 0 Å². The highest BCUT2D eigenvalue weighted by Gasteiger charge is 1.97. The van der Waals surface area contributed by atoms with E-state index in [2.05, 4.69) is 9.97 Å². The van der Waals surface area contributed by atoms with E-state index in [9.17, 15) is 0 Å². The van der Waals surface area contributed by atoms with Gasteiger partial charge in [0.1, 0.15) is 14.2 Å². The molecule has 0 amide bonds. The van der Waals surface area contributed by atoms with Crippen molar-refractivity contribution in [2.24, 2.45) is 0 Å². The lowest BCUT2D eigenvalue weighted by Gasteiger charge is -2.01. The van der Waals surface area contributed by atoms with E-state index in [0.29, 0.717) is 5.46 Å². The lowest BCUT2D eigenvalue weighted by Crippen LogP contribution is -2.06. The largest absolute Gasteiger partial charge is 0.244 e. The van der Waals surface area contributed by atoms with Crippen LogP contribution in [0, 0.1) is 6.92 Å². The minimum atomic E-state index is 0.715. The summed E-state index contributed by atoms with van der Waals surface area (Å²) in [5.74, 6) is 0. The van der Waals surface area contributed by atoms with E-state index in [0.717, 1.165) is 16.5 Å². The summed E-state index contributed by atoms with van der Waals surface area (Å²) in [5, 5.41) is 0.995. The molecule has 0 saturated heterocycles. The highest BCUT2D eigenvalue weighted by molar-refractivity contribution is 6.38. The molecule has 1 aromatic carbocycles. The van der Waals surface area contributed by atoms with Gasteiger partial charge in [-0.1, -0.05) is 17.1 Å². The summed E-state index contributed by atoms with van der Waals surface area (Å²) in [5.41, 5.74) is 2.68. The molecule has 12 heavy (non-hydrogen) atoms. The lowest BCUT2D eigenvalue weighted by atomic mass is 9.92. The van der Waals surface area contributed by atoms with Crippen LogP contribution in [0.25, 0.3) is 10.9 Å². The zero-order valence-corrected chi connectivity index (χ0v) is 6.78. The van der Waals surface area contributed by atoms with Gasteiger partial charge in [0, 0.05) is 11.6 Å². The van der Waals surface area contributed by atoms with Crippen molar-refractivity contribution in [1.29, 1.82) is 0 Å². The third-order valence-electron chi connectivity index (χ3n) is 1.78. The van der Waals surface area contributed by atoms with Gasteiger partial charge in [0.15, 0.2) is 0 Å². The van der Waals surface area contributed by atoms with Crippen LogP contribution < -0.4 is 5.46 Å². The number of aromatic nitrogens is 2. The lowest BCUT2D eigenvalue weighted by molar-refractivity contribution is 1.22. The predicted molar refractivity (Wildman–Crippen MR) is 49.7 cm³/mol. The minimum Gasteiger partial charge on any atom is -0.244 e. The standard InChI is InChI=1S/C9H7BN2/c1-6-2-7-4-11-5-12-9(7)8(10)3-6/h2-5H,1H3. The Labute approximate surface area is 72.1 Å². The number of benzene rings is 1. The molecule has 1 heterocycles. The van der Waals surface area contributed by atoms with Crippen molar-refractivity contribution >= 4 is 24.2 Å². The van der Waals surface area contributed by atoms with Crippen LogP contribution >= 0.6 is 0 Å². The third-order valence-corrected chi connectivity index (χ3v) is 1.78. The Morgan fingerprint density at radius 2 is 2.17 bits per heavy atom. The average Bonchev–Trinajstić information content (AvgIpc) is 2.04. The molecule has 0 unspecified atom stereocenters. The molecule has 0 aliphatic heterocycles. The third kappa shape index (κ3) is 1.07. The molecule has 2 nitrogen and oxygen atoms in total. The summed E-state index contributed by atoms with van der Waals surface area (Å²) in [4.78, 5) is 8.01. The Morgan fingerprint density at radius 1 is 1.33 bits per heavy atom. The molecular weight excluding hydrogens is 147 g/mol. The Bertz CT molecular complexity index is 426. The van der Waals surface area contributed by atoms with Crippen molar-refractivity contribution in [1.82, 2.24) is 9.97 Å². The van der Waals surface area contributed by atoms with E-state index < -0.39 is 0 Å². The molecule has 0 saturated carbocycles. The summed E-state index contributed by atoms with van der Waals surface area (Å²) < 4.78 is 0. The van der Waals surface area contributed by atoms with Crippen molar-refractivity contribution in [3.8, 4) is 0 Å². The molecule has 0 fully saturated rings. The first-order valence-electron chi connectivity index (χ1n) is 3.73. The first-order valence-corrected chi connectivity index (χ1v) is 3.73. The van der Waals surface area contributed by atoms with Gasteiger partial charge in [-0.2, -0.15) is 0 Å². The van der Waals surface area contributed by atoms with Crippen molar-refractivity contribution in [2.75, 3.05) is 0 Å². The van der Waals surface area contributed by atoms with Crippen LogP contribution in [-0.2, 0) is 0 Å². The van der Waals surface area contributed by atoms with Crippen molar-refractivity contribution in [3.63, 3.8) is 0 Å². The minimum absolute atomic E-state index is 0.715. The predicted octanol–water partition coefficient (Wildman–Crippen LogP) is 0.732. The monoisotopic (exact) mass is 154 g/mol. The molecule has 0 bridgehead atoms. The van der Waals surface area contributed by atoms with Crippen LogP contribution in [0.1, 0.15) is 5.56 Å². The van der Waals surface area contributed by atoms with E-state index in [1.165, 1.54) is 6.33 Å². The molecular formula is C9H7BN2. The maximum Gasteiger partial charge on any atom is 0.116 e. The maximum atomic E-state index is 5.77. The van der Waals surface area contributed by atoms with Gasteiger partial charge in [0.05, 0.1) is 5.52 Å². The Kier molecular flexibility index (Phi) is 1.57. The molecule has 2 aromatic rings. The average molecular weight is 154 g/mol. The SMILES string of the molecule is [B]c1cc(C)cc2cncnc12. The smallest absolute Gasteiger partial charge is 0.116 e. The second-order valence-corrected chi connectivity index (χ2v) is 2.81. The number of hydrogen-bond donors (Lipinski definition) is 0. The first kappa shape index (κ1) is 7.28. The Morgan fingerprint density at radius 3 is 3.00 bits per heavy atom. The van der Waals surface area contributed by atoms with Gasteiger partial charge in [-0.05, 0) is 13.0 Å². The summed E-state index contributed by atoms with van der Waals surface area (Å²) >= 11 is 0. The van der Waals surface area contributed by atoms with Gasteiger partial charge in [-0.3, -0.25) is 0 Å². The summed E-state index contributed by atoms with van der Waals surface area (Å²) in [6.45, 7) is 2.00. The molecule has 3 heteroatoms. The summed E-state index contributed by atoms with van der Waals surface area (Å²) in [6, 6.07) is 3.93. The molecule has 0 spiro atoms. The highest BCUT2D eigenvalue weighted by atomic mass is 14.8. The van der Waals surface area contributed by atoms with Crippen LogP contribution in [0.4, 0.5) is 0 Å². The number of nitrogens with zero attached hydrogens (tertiary/aromatic N) is 2. The van der Waals surface area contributed by atoms with Gasteiger partial charge in [0.2, 0.25) is 0 Å². The van der Waals surface area contributed by atoms with Gasteiger partial charge >= 0.3 is 0 Å². The van der Waals surface area contributed by atoms with Crippen LogP contribution in [0.5, 0.6) is 0 Å². The summed E-state index contributed by atoms with van der Waals surface area (Å²) in [7, 11) is 5.77. The molecule has 0 N–H and O–H groups in total. The fourth-order valence-electron chi connectivity index (χ4n) is 1.29. The quantitative estimate of drug-likeness (QED) is 0.522. The van der Waals surface area contributed by atoms with Crippen LogP contribution in [0.3, 0.4) is 0 Å². The van der Waals surface area contributed by atoms with E-state index >= 15 is 0 Å². The zero-order valence-electron chi connectivity index (χ0n) is 6.78. The molecule has 0 aliphatic carbocycles. The van der Waals surface area contributed by atoms with E-state index in [4.69, 9.17) is 7.85 Å². The molecule has 1 aromatic heterocycles. The van der Waals surface area contributed by atoms with Gasteiger partial charge in [-0.25, -0.2) is 9.97 Å². The fraction of sp³-hybridized carbons (Fsp3) is 0.111. The van der Waals surface area contributed by atoms with Crippen LogP contribution in [0.2, 0.25) is 0 Å². The highest BCUT2D eigenvalue weighted by Crippen LogP contribution is 2.08. The molecule has 2 rings (SSSR count). The fourth-order valence-corrected chi connectivity index (χ4v) is 1.29. The molecule has 2 radical (unpaired) electrons. The van der Waals surface area contributed by atoms with Crippen LogP contribution in [0.15, 0.2) is 24.7 Å². The number of rotatable bonds is 0. The molecule has 0 atom stereocenters. The summed E-state index contributed by atoms with van der Waals surface area (Å²) in [6.07, 6.45) is 3.28. The van der Waals surface area contributed by atoms with E-state index in [1.807, 2.05) is 19.1 Å². The number of aryl methyl sites for hydroxylation is 1. The number of hydrogen-bond acceptors (Lipinski definition) is 2. The Hall–Kier alpha value is -1.38. The second kappa shape index (κ2) is 2.59. The van der Waals surface area contributed by atoms with Crippen molar-refractivity contribution in [2.45, 2.75) is 6.92 Å². The van der Waals surface area contributed by atoms with E-state index in [1.54, 1.807) is 6.20 Å². The zero-order chi connectivity index (χ0) is 8.55. The van der Waals surface area contributed by atoms with Gasteiger partial charge in [0.25, 0.3) is 0 Å². The Balaban J connectivity index is 2.89.